The van der Waals surface area contributed by atoms with Crippen LogP contribution in [0.1, 0.15) is 11.1 Å². The van der Waals surface area contributed by atoms with Gasteiger partial charge in [0.15, 0.2) is 0 Å². The van der Waals surface area contributed by atoms with Crippen LogP contribution in [0.15, 0.2) is 18.2 Å². The minimum Gasteiger partial charge on any atom is -0.395 e. The lowest BCUT2D eigenvalue weighted by Gasteiger charge is -2.15. The molecule has 0 atom stereocenters. The van der Waals surface area contributed by atoms with Gasteiger partial charge >= 0.3 is 0 Å². The van der Waals surface area contributed by atoms with Gasteiger partial charge in [-0.2, -0.15) is 0 Å². The average molecular weight is 237 g/mol. The van der Waals surface area contributed by atoms with Crippen LogP contribution in [-0.2, 0) is 6.54 Å². The van der Waals surface area contributed by atoms with Crippen molar-refractivity contribution in [2.45, 2.75) is 6.54 Å². The highest BCUT2D eigenvalue weighted by atomic mass is 19.1. The summed E-state index contributed by atoms with van der Waals surface area (Å²) in [5, 5.41) is 17.3. The normalized spacial score (nSPS) is 10.2. The van der Waals surface area contributed by atoms with Crippen LogP contribution >= 0.6 is 0 Å². The molecule has 1 aromatic rings. The van der Waals surface area contributed by atoms with Crippen molar-refractivity contribution in [1.29, 1.82) is 0 Å². The molecule has 0 fully saturated rings. The molecule has 0 aliphatic heterocycles. The third-order valence-electron chi connectivity index (χ3n) is 2.27. The fourth-order valence-corrected chi connectivity index (χ4v) is 1.46. The van der Waals surface area contributed by atoms with Gasteiger partial charge in [0.25, 0.3) is 0 Å². The van der Waals surface area contributed by atoms with Gasteiger partial charge in [-0.3, -0.25) is 4.90 Å². The molecule has 0 aromatic heterocycles. The molecule has 4 heteroatoms. The molecule has 0 amide bonds. The molecule has 0 spiro atoms. The number of hydrogen-bond donors (Lipinski definition) is 2. The molecule has 0 heterocycles. The van der Waals surface area contributed by atoms with E-state index in [9.17, 15) is 4.39 Å². The Balaban J connectivity index is 2.81. The van der Waals surface area contributed by atoms with E-state index in [2.05, 4.69) is 11.8 Å². The number of halogens is 1. The molecule has 0 radical (unpaired) electrons. The number of aliphatic hydroxyl groups is 2. The molecule has 2 N–H and O–H groups in total. The number of likely N-dealkylation sites (N-methyl/N-ethyl adjacent to an activating group) is 1. The minimum absolute atomic E-state index is 0.0921. The molecule has 3 nitrogen and oxygen atoms in total. The first kappa shape index (κ1) is 13.7. The van der Waals surface area contributed by atoms with Crippen LogP contribution in [-0.4, -0.2) is 41.9 Å². The quantitative estimate of drug-likeness (QED) is 0.753. The highest BCUT2D eigenvalue weighted by molar-refractivity contribution is 5.38. The smallest absolute Gasteiger partial charge is 0.138 e. The van der Waals surface area contributed by atoms with E-state index >= 15 is 0 Å². The van der Waals surface area contributed by atoms with Crippen LogP contribution < -0.4 is 0 Å². The maximum absolute atomic E-state index is 13.3. The van der Waals surface area contributed by atoms with Crippen molar-refractivity contribution in [1.82, 2.24) is 4.90 Å². The summed E-state index contributed by atoms with van der Waals surface area (Å²) in [5.74, 6) is 4.60. The Morgan fingerprint density at radius 3 is 2.76 bits per heavy atom. The van der Waals surface area contributed by atoms with Gasteiger partial charge in [0.05, 0.1) is 12.2 Å². The van der Waals surface area contributed by atoms with E-state index in [4.69, 9.17) is 10.2 Å². The predicted octanol–water partition coefficient (Wildman–Crippen LogP) is 0.594. The molecule has 0 bridgehead atoms. The second kappa shape index (κ2) is 7.02. The Labute approximate surface area is 100 Å². The molecular formula is C13H16FNO2. The third kappa shape index (κ3) is 4.53. The summed E-state index contributed by atoms with van der Waals surface area (Å²) in [7, 11) is 1.87. The first-order valence-electron chi connectivity index (χ1n) is 5.35. The second-order valence-corrected chi connectivity index (χ2v) is 3.74. The minimum atomic E-state index is -0.389. The van der Waals surface area contributed by atoms with Crippen molar-refractivity contribution in [2.75, 3.05) is 26.8 Å². The number of hydrogen-bond acceptors (Lipinski definition) is 3. The van der Waals surface area contributed by atoms with Gasteiger partial charge in [-0.05, 0) is 24.7 Å². The molecule has 1 aromatic carbocycles. The molecule has 92 valence electrons. The Morgan fingerprint density at radius 2 is 2.12 bits per heavy atom. The average Bonchev–Trinajstić information content (AvgIpc) is 2.30. The summed E-state index contributed by atoms with van der Waals surface area (Å²) in [4.78, 5) is 1.93. The topological polar surface area (TPSA) is 43.7 Å². The molecule has 0 aliphatic rings. The van der Waals surface area contributed by atoms with E-state index < -0.39 is 0 Å². The van der Waals surface area contributed by atoms with Gasteiger partial charge in [0.1, 0.15) is 12.4 Å². The van der Waals surface area contributed by atoms with Crippen molar-refractivity contribution >= 4 is 0 Å². The molecule has 0 aliphatic carbocycles. The fourth-order valence-electron chi connectivity index (χ4n) is 1.46. The second-order valence-electron chi connectivity index (χ2n) is 3.74. The van der Waals surface area contributed by atoms with E-state index in [0.29, 0.717) is 13.1 Å². The van der Waals surface area contributed by atoms with E-state index in [-0.39, 0.29) is 24.6 Å². The van der Waals surface area contributed by atoms with Crippen molar-refractivity contribution < 1.29 is 14.6 Å². The SMILES string of the molecule is CN(CCO)Cc1ccc(F)c(C#CCO)c1. The van der Waals surface area contributed by atoms with E-state index in [1.165, 1.54) is 6.07 Å². The summed E-state index contributed by atoms with van der Waals surface area (Å²) in [5.41, 5.74) is 1.21. The van der Waals surface area contributed by atoms with Crippen molar-refractivity contribution in [3.63, 3.8) is 0 Å². The van der Waals surface area contributed by atoms with Gasteiger partial charge in [-0.15, -0.1) is 0 Å². The molecule has 1 rings (SSSR count). The molecular weight excluding hydrogens is 221 g/mol. The van der Waals surface area contributed by atoms with Gasteiger partial charge < -0.3 is 10.2 Å². The first-order chi connectivity index (χ1) is 8.17. The van der Waals surface area contributed by atoms with Gasteiger partial charge in [0, 0.05) is 13.1 Å². The zero-order valence-electron chi connectivity index (χ0n) is 9.78. The predicted molar refractivity (Wildman–Crippen MR) is 63.8 cm³/mol. The lowest BCUT2D eigenvalue weighted by atomic mass is 10.1. The molecule has 0 saturated heterocycles. The summed E-state index contributed by atoms with van der Waals surface area (Å²) >= 11 is 0. The summed E-state index contributed by atoms with van der Waals surface area (Å²) < 4.78 is 13.3. The maximum Gasteiger partial charge on any atom is 0.138 e. The summed E-state index contributed by atoms with van der Waals surface area (Å²) in [6, 6.07) is 4.71. The Kier molecular flexibility index (Phi) is 5.64. The van der Waals surface area contributed by atoms with Crippen molar-refractivity contribution in [2.24, 2.45) is 0 Å². The zero-order valence-corrected chi connectivity index (χ0v) is 9.78. The zero-order chi connectivity index (χ0) is 12.7. The number of rotatable bonds is 4. The Morgan fingerprint density at radius 1 is 1.35 bits per heavy atom. The summed E-state index contributed by atoms with van der Waals surface area (Å²) in [6.07, 6.45) is 0. The van der Waals surface area contributed by atoms with Crippen LogP contribution in [0.5, 0.6) is 0 Å². The Hall–Kier alpha value is -1.41. The van der Waals surface area contributed by atoms with Gasteiger partial charge in [-0.25, -0.2) is 4.39 Å². The monoisotopic (exact) mass is 237 g/mol. The third-order valence-corrected chi connectivity index (χ3v) is 2.27. The standard InChI is InChI=1S/C13H16FNO2/c1-15(6-8-17)10-11-4-5-13(14)12(9-11)3-2-7-16/h4-5,9,16-17H,6-8,10H2,1H3. The lowest BCUT2D eigenvalue weighted by Crippen LogP contribution is -2.21. The number of aliphatic hydroxyl groups excluding tert-OH is 2. The molecule has 0 saturated carbocycles. The van der Waals surface area contributed by atoms with Crippen LogP contribution in [0.25, 0.3) is 0 Å². The number of nitrogens with zero attached hydrogens (tertiary/aromatic N) is 1. The summed E-state index contributed by atoms with van der Waals surface area (Å²) in [6.45, 7) is 0.993. The maximum atomic E-state index is 13.3. The van der Waals surface area contributed by atoms with E-state index in [0.717, 1.165) is 5.56 Å². The van der Waals surface area contributed by atoms with Crippen LogP contribution in [0, 0.1) is 17.7 Å². The lowest BCUT2D eigenvalue weighted by molar-refractivity contribution is 0.217. The van der Waals surface area contributed by atoms with Crippen molar-refractivity contribution in [3.8, 4) is 11.8 Å². The molecule has 17 heavy (non-hydrogen) atoms. The fraction of sp³-hybridized carbons (Fsp3) is 0.385. The highest BCUT2D eigenvalue weighted by Gasteiger charge is 2.03. The van der Waals surface area contributed by atoms with Crippen LogP contribution in [0.2, 0.25) is 0 Å². The van der Waals surface area contributed by atoms with Crippen LogP contribution in [0.3, 0.4) is 0 Å². The van der Waals surface area contributed by atoms with Gasteiger partial charge in [0.2, 0.25) is 0 Å². The number of benzene rings is 1. The first-order valence-corrected chi connectivity index (χ1v) is 5.35. The largest absolute Gasteiger partial charge is 0.395 e. The van der Waals surface area contributed by atoms with E-state index in [1.54, 1.807) is 12.1 Å². The van der Waals surface area contributed by atoms with Crippen molar-refractivity contribution in [3.05, 3.63) is 35.1 Å². The van der Waals surface area contributed by atoms with Crippen LogP contribution in [0.4, 0.5) is 4.39 Å². The van der Waals surface area contributed by atoms with E-state index in [1.807, 2.05) is 11.9 Å². The Bertz CT molecular complexity index is 423. The molecule has 0 unspecified atom stereocenters. The highest BCUT2D eigenvalue weighted by Crippen LogP contribution is 2.11. The van der Waals surface area contributed by atoms with Gasteiger partial charge in [-0.1, -0.05) is 17.9 Å².